The van der Waals surface area contributed by atoms with Crippen LogP contribution in [0.3, 0.4) is 0 Å². The molecule has 2 fully saturated rings. The molecular weight excluding hydrogens is 617 g/mol. The van der Waals surface area contributed by atoms with Crippen LogP contribution in [0.5, 0.6) is 0 Å². The summed E-state index contributed by atoms with van der Waals surface area (Å²) in [6.07, 6.45) is 8.21. The maximum Gasteiger partial charge on any atom is 0.253 e. The predicted octanol–water partition coefficient (Wildman–Crippen LogP) is 6.79. The van der Waals surface area contributed by atoms with Crippen molar-refractivity contribution in [2.24, 2.45) is 10.9 Å². The second kappa shape index (κ2) is 14.3. The van der Waals surface area contributed by atoms with Gasteiger partial charge in [0.25, 0.3) is 5.91 Å². The van der Waals surface area contributed by atoms with Crippen molar-refractivity contribution in [3.63, 3.8) is 0 Å². The van der Waals surface area contributed by atoms with Crippen LogP contribution in [0.25, 0.3) is 6.08 Å². The van der Waals surface area contributed by atoms with Gasteiger partial charge in [-0.3, -0.25) is 14.6 Å². The molecule has 1 saturated heterocycles. The zero-order valence-corrected chi connectivity index (χ0v) is 31.6. The lowest BCUT2D eigenvalue weighted by Gasteiger charge is -2.37. The van der Waals surface area contributed by atoms with E-state index in [1.807, 2.05) is 44.9 Å². The number of piperidine rings is 1. The number of hydrogen-bond acceptors (Lipinski definition) is 7. The van der Waals surface area contributed by atoms with Gasteiger partial charge in [0.15, 0.2) is 8.32 Å². The fraction of sp³-hybridized carbons (Fsp3) is 0.714. The maximum absolute atomic E-state index is 13.3. The Morgan fingerprint density at radius 1 is 1.09 bits per heavy atom. The first-order valence-electron chi connectivity index (χ1n) is 17.1. The molecule has 46 heavy (non-hydrogen) atoms. The summed E-state index contributed by atoms with van der Waals surface area (Å²) in [5.74, 6) is 1.09. The lowest BCUT2D eigenvalue weighted by molar-refractivity contribution is -0.237. The van der Waals surface area contributed by atoms with Crippen molar-refractivity contribution in [2.75, 3.05) is 26.2 Å². The fourth-order valence-corrected chi connectivity index (χ4v) is 8.41. The standard InChI is InChI=1S/C35H58N4O5SSi/c1-27-25-28(26-38(44-33(2,3)4)22-23-43-46(8,9)34(5,6)7)15-16-29(27)17-24-45(41,42)39-20-18-35(19-21-39)32(40)36-31(37-35)30-13-11-10-12-14-30/h15-17,24-25,30H,10-14,18-23,26H2,1-9H3,(H,36,37,40)/b24-17+. The van der Waals surface area contributed by atoms with Gasteiger partial charge in [0, 0.05) is 44.1 Å². The van der Waals surface area contributed by atoms with Gasteiger partial charge in [0.05, 0.1) is 5.60 Å². The molecule has 1 amide bonds. The van der Waals surface area contributed by atoms with Crippen LogP contribution in [0, 0.1) is 12.8 Å². The molecule has 1 aliphatic carbocycles. The van der Waals surface area contributed by atoms with E-state index in [4.69, 9.17) is 14.3 Å². The summed E-state index contributed by atoms with van der Waals surface area (Å²) in [6.45, 7) is 21.8. The number of rotatable bonds is 11. The number of carbonyl (C=O) groups is 1. The molecular formula is C35H58N4O5SSi. The van der Waals surface area contributed by atoms with E-state index in [1.54, 1.807) is 6.08 Å². The number of carbonyl (C=O) groups excluding carboxylic acids is 1. The number of benzene rings is 1. The van der Waals surface area contributed by atoms with Crippen LogP contribution in [0.1, 0.15) is 103 Å². The molecule has 0 atom stereocenters. The fourth-order valence-electron chi connectivity index (χ4n) is 6.20. The lowest BCUT2D eigenvalue weighted by atomic mass is 9.88. The second-order valence-corrected chi connectivity index (χ2v) is 22.6. The monoisotopic (exact) mass is 674 g/mol. The van der Waals surface area contributed by atoms with Crippen molar-refractivity contribution in [3.8, 4) is 0 Å². The molecule has 2 aliphatic heterocycles. The molecule has 1 aromatic rings. The number of hydrogen-bond donors (Lipinski definition) is 1. The van der Waals surface area contributed by atoms with Crippen LogP contribution in [-0.2, 0) is 30.6 Å². The minimum atomic E-state index is -3.64. The Labute approximate surface area is 279 Å². The Morgan fingerprint density at radius 2 is 1.74 bits per heavy atom. The van der Waals surface area contributed by atoms with Crippen molar-refractivity contribution in [3.05, 3.63) is 40.3 Å². The van der Waals surface area contributed by atoms with Gasteiger partial charge in [-0.15, -0.1) is 0 Å². The quantitative estimate of drug-likeness (QED) is 0.205. The first kappa shape index (κ1) is 36.9. The predicted molar refractivity (Wildman–Crippen MR) is 189 cm³/mol. The van der Waals surface area contributed by atoms with Crippen molar-refractivity contribution >= 4 is 36.2 Å². The van der Waals surface area contributed by atoms with E-state index in [0.29, 0.717) is 38.5 Å². The molecule has 0 radical (unpaired) electrons. The van der Waals surface area contributed by atoms with E-state index in [9.17, 15) is 13.2 Å². The number of aliphatic imine (C=N–C) groups is 1. The number of amidine groups is 1. The average Bonchev–Trinajstić information content (AvgIpc) is 3.26. The van der Waals surface area contributed by atoms with Gasteiger partial charge in [0.1, 0.15) is 11.4 Å². The summed E-state index contributed by atoms with van der Waals surface area (Å²) in [7, 11) is -5.51. The van der Waals surface area contributed by atoms with Gasteiger partial charge in [-0.05, 0) is 94.3 Å². The normalized spacial score (nSPS) is 20.6. The number of nitrogens with zero attached hydrogens (tertiary/aromatic N) is 3. The van der Waals surface area contributed by atoms with E-state index < -0.39 is 23.9 Å². The van der Waals surface area contributed by atoms with Crippen LogP contribution in [0.4, 0.5) is 0 Å². The molecule has 9 nitrogen and oxygen atoms in total. The maximum atomic E-state index is 13.3. The Balaban J connectivity index is 1.36. The Bertz CT molecular complexity index is 1400. The van der Waals surface area contributed by atoms with E-state index in [-0.39, 0.29) is 29.6 Å². The zero-order chi connectivity index (χ0) is 34.0. The molecule has 1 N–H and O–H groups in total. The number of sulfonamides is 1. The Morgan fingerprint density at radius 3 is 2.33 bits per heavy atom. The van der Waals surface area contributed by atoms with E-state index >= 15 is 0 Å². The Kier molecular flexibility index (Phi) is 11.5. The van der Waals surface area contributed by atoms with Gasteiger partial charge in [-0.25, -0.2) is 8.42 Å². The highest BCUT2D eigenvalue weighted by atomic mass is 32.2. The minimum Gasteiger partial charge on any atom is -0.415 e. The highest BCUT2D eigenvalue weighted by molar-refractivity contribution is 7.92. The van der Waals surface area contributed by atoms with Crippen molar-refractivity contribution < 1.29 is 22.5 Å². The summed E-state index contributed by atoms with van der Waals surface area (Å²) >= 11 is 0. The van der Waals surface area contributed by atoms with E-state index in [2.05, 4.69) is 45.2 Å². The zero-order valence-electron chi connectivity index (χ0n) is 29.7. The van der Waals surface area contributed by atoms with Gasteiger partial charge < -0.3 is 9.74 Å². The first-order chi connectivity index (χ1) is 21.3. The molecule has 2 heterocycles. The van der Waals surface area contributed by atoms with Gasteiger partial charge >= 0.3 is 0 Å². The molecule has 0 unspecified atom stereocenters. The van der Waals surface area contributed by atoms with Crippen LogP contribution >= 0.6 is 0 Å². The topological polar surface area (TPSA) is 101 Å². The largest absolute Gasteiger partial charge is 0.415 e. The van der Waals surface area contributed by atoms with Crippen LogP contribution in [0.15, 0.2) is 28.6 Å². The first-order valence-corrected chi connectivity index (χ1v) is 21.5. The Hall–Kier alpha value is -1.89. The molecule has 1 aromatic carbocycles. The number of hydroxylamine groups is 2. The summed E-state index contributed by atoms with van der Waals surface area (Å²) in [6, 6.07) is 6.08. The molecule has 1 saturated carbocycles. The van der Waals surface area contributed by atoms with Crippen molar-refractivity contribution in [1.82, 2.24) is 14.7 Å². The average molecular weight is 675 g/mol. The highest BCUT2D eigenvalue weighted by Crippen LogP contribution is 2.37. The van der Waals surface area contributed by atoms with Crippen molar-refractivity contribution in [1.29, 1.82) is 0 Å². The van der Waals surface area contributed by atoms with Gasteiger partial charge in [-0.2, -0.15) is 9.37 Å². The van der Waals surface area contributed by atoms with Crippen molar-refractivity contribution in [2.45, 2.75) is 129 Å². The molecule has 258 valence electrons. The number of aryl methyl sites for hydroxylation is 1. The van der Waals surface area contributed by atoms with E-state index in [1.165, 1.54) is 29.0 Å². The number of nitrogens with one attached hydrogen (secondary N) is 1. The highest BCUT2D eigenvalue weighted by Gasteiger charge is 2.48. The molecule has 0 bridgehead atoms. The third-order valence-corrected chi connectivity index (χ3v) is 16.1. The summed E-state index contributed by atoms with van der Waals surface area (Å²) in [4.78, 5) is 24.2. The van der Waals surface area contributed by atoms with Crippen LogP contribution in [0.2, 0.25) is 18.1 Å². The molecule has 0 aromatic heterocycles. The van der Waals surface area contributed by atoms with Gasteiger partial charge in [-0.1, -0.05) is 58.2 Å². The summed E-state index contributed by atoms with van der Waals surface area (Å²) in [5.41, 5.74) is 1.75. The molecule has 3 aliphatic rings. The third-order valence-electron chi connectivity index (χ3n) is 10.0. The SMILES string of the molecule is Cc1cc(CN(CCO[Si](C)(C)C(C)(C)C)OC(C)(C)C)ccc1/C=C/S(=O)(=O)N1CCC2(CC1)N=C(C1CCCCC1)NC2=O. The lowest BCUT2D eigenvalue weighted by Crippen LogP contribution is -2.50. The van der Waals surface area contributed by atoms with Crippen LogP contribution < -0.4 is 5.32 Å². The minimum absolute atomic E-state index is 0.0639. The van der Waals surface area contributed by atoms with E-state index in [0.717, 1.165) is 35.4 Å². The second-order valence-electron chi connectivity index (χ2n) is 15.9. The van der Waals surface area contributed by atoms with Gasteiger partial charge in [0.2, 0.25) is 10.0 Å². The molecule has 11 heteroatoms. The van der Waals surface area contributed by atoms with Crippen LogP contribution in [-0.4, -0.2) is 75.2 Å². The molecule has 4 rings (SSSR count). The summed E-state index contributed by atoms with van der Waals surface area (Å²) in [5, 5.41) is 6.46. The smallest absolute Gasteiger partial charge is 0.253 e. The third kappa shape index (κ3) is 9.38. The molecule has 1 spiro atoms. The summed E-state index contributed by atoms with van der Waals surface area (Å²) < 4.78 is 34.5. The number of amides is 1.